The fourth-order valence-corrected chi connectivity index (χ4v) is 2.47. The van der Waals surface area contributed by atoms with Crippen molar-refractivity contribution in [2.24, 2.45) is 10.9 Å². The van der Waals surface area contributed by atoms with E-state index in [4.69, 9.17) is 15.4 Å². The average Bonchev–Trinajstić information content (AvgIpc) is 2.55. The van der Waals surface area contributed by atoms with Crippen LogP contribution in [0, 0.1) is 0 Å². The molecule has 22 heavy (non-hydrogen) atoms. The van der Waals surface area contributed by atoms with Crippen LogP contribution in [0.5, 0.6) is 5.75 Å². The zero-order valence-corrected chi connectivity index (χ0v) is 12.8. The molecule has 0 aromatic heterocycles. The molecule has 0 radical (unpaired) electrons. The highest BCUT2D eigenvalue weighted by molar-refractivity contribution is 6.01. The predicted molar refractivity (Wildman–Crippen MR) is 82.9 cm³/mol. The number of benzene rings is 1. The third kappa shape index (κ3) is 3.85. The number of methoxy groups -OCH3 is 2. The van der Waals surface area contributed by atoms with Gasteiger partial charge in [0.15, 0.2) is 0 Å². The second-order valence-corrected chi connectivity index (χ2v) is 4.91. The summed E-state index contributed by atoms with van der Waals surface area (Å²) in [6.07, 6.45) is 2.62. The van der Waals surface area contributed by atoms with E-state index in [0.29, 0.717) is 5.76 Å². The number of allylic oxidation sites excluding steroid dienone is 1. The Bertz CT molecular complexity index is 591. The zero-order valence-electron chi connectivity index (χ0n) is 12.8. The minimum Gasteiger partial charge on any atom is -0.497 e. The summed E-state index contributed by atoms with van der Waals surface area (Å²) in [6.45, 7) is 0. The van der Waals surface area contributed by atoms with Crippen LogP contribution in [0.3, 0.4) is 0 Å². The number of carbonyl (C=O) groups excluding carboxylic acids is 1. The number of carbonyl (C=O) groups is 1. The quantitative estimate of drug-likeness (QED) is 0.845. The maximum absolute atomic E-state index is 11.4. The average molecular weight is 304 g/mol. The van der Waals surface area contributed by atoms with Gasteiger partial charge in [0, 0.05) is 0 Å². The minimum atomic E-state index is -0.477. The van der Waals surface area contributed by atoms with Gasteiger partial charge >= 0.3 is 5.97 Å². The summed E-state index contributed by atoms with van der Waals surface area (Å²) >= 11 is 0. The molecule has 0 spiro atoms. The Hall–Kier alpha value is -2.34. The van der Waals surface area contributed by atoms with Gasteiger partial charge < -0.3 is 14.3 Å². The molecule has 6 nitrogen and oxygen atoms in total. The molecule has 0 aliphatic heterocycles. The number of ether oxygens (including phenoxy) is 2. The van der Waals surface area contributed by atoms with Gasteiger partial charge in [0.1, 0.15) is 11.5 Å². The van der Waals surface area contributed by atoms with Crippen molar-refractivity contribution in [2.45, 2.75) is 25.7 Å². The molecular weight excluding hydrogens is 284 g/mol. The fraction of sp³-hybridized carbons (Fsp3) is 0.375. The molecule has 0 atom stereocenters. The van der Waals surface area contributed by atoms with Crippen LogP contribution in [0.25, 0.3) is 0 Å². The molecule has 2 rings (SSSR count). The Morgan fingerprint density at radius 3 is 2.50 bits per heavy atom. The second-order valence-electron chi connectivity index (χ2n) is 4.91. The molecule has 0 bridgehead atoms. The van der Waals surface area contributed by atoms with Crippen molar-refractivity contribution in [3.8, 4) is 5.75 Å². The first-order valence-corrected chi connectivity index (χ1v) is 7.05. The summed E-state index contributed by atoms with van der Waals surface area (Å²) in [5, 5.41) is 0. The molecule has 6 heteroatoms. The summed E-state index contributed by atoms with van der Waals surface area (Å²) in [4.78, 5) is 20.3. The third-order valence-electron chi connectivity index (χ3n) is 3.51. The lowest BCUT2D eigenvalue weighted by atomic mass is 9.93. The fourth-order valence-electron chi connectivity index (χ4n) is 2.47. The largest absolute Gasteiger partial charge is 0.497 e. The summed E-state index contributed by atoms with van der Waals surface area (Å²) < 4.78 is 10.6. The van der Waals surface area contributed by atoms with Gasteiger partial charge in [0.2, 0.25) is 0 Å². The van der Waals surface area contributed by atoms with Crippen molar-refractivity contribution >= 4 is 17.4 Å². The number of rotatable bonds is 5. The first-order valence-electron chi connectivity index (χ1n) is 7.05. The Balaban J connectivity index is 2.28. The van der Waals surface area contributed by atoms with E-state index in [-0.39, 0.29) is 6.42 Å². The van der Waals surface area contributed by atoms with Gasteiger partial charge in [-0.05, 0) is 49.1 Å². The molecule has 1 aromatic carbocycles. The number of nitrogens with two attached hydrogens (primary N) is 1. The van der Waals surface area contributed by atoms with Gasteiger partial charge in [-0.25, -0.2) is 4.99 Å². The normalized spacial score (nSPS) is 16.6. The summed E-state index contributed by atoms with van der Waals surface area (Å²) in [7, 11) is 3.20. The van der Waals surface area contributed by atoms with Crippen molar-refractivity contribution in [1.29, 1.82) is 0 Å². The number of aliphatic imine (C=N–C) groups is 1. The van der Waals surface area contributed by atoms with Gasteiger partial charge in [-0.2, -0.15) is 5.90 Å². The molecule has 0 saturated carbocycles. The number of hydrogen-bond donors (Lipinski definition) is 1. The van der Waals surface area contributed by atoms with Crippen LogP contribution >= 0.6 is 0 Å². The predicted octanol–water partition coefficient (Wildman–Crippen LogP) is 2.66. The lowest BCUT2D eigenvalue weighted by Crippen LogP contribution is -2.18. The van der Waals surface area contributed by atoms with Gasteiger partial charge in [-0.3, -0.25) is 4.79 Å². The van der Waals surface area contributed by atoms with E-state index in [2.05, 4.69) is 9.83 Å². The topological polar surface area (TPSA) is 83.1 Å². The molecule has 0 fully saturated rings. The molecule has 1 aliphatic carbocycles. The molecule has 0 heterocycles. The van der Waals surface area contributed by atoms with Crippen LogP contribution in [0.1, 0.15) is 25.7 Å². The van der Waals surface area contributed by atoms with Crippen molar-refractivity contribution in [3.63, 3.8) is 0 Å². The van der Waals surface area contributed by atoms with E-state index in [1.165, 1.54) is 0 Å². The Labute approximate surface area is 129 Å². The Kier molecular flexibility index (Phi) is 5.55. The van der Waals surface area contributed by atoms with Crippen molar-refractivity contribution in [2.75, 3.05) is 14.2 Å². The molecule has 2 N–H and O–H groups in total. The summed E-state index contributed by atoms with van der Waals surface area (Å²) in [5.74, 6) is 5.87. The van der Waals surface area contributed by atoms with E-state index in [0.717, 1.165) is 42.0 Å². The van der Waals surface area contributed by atoms with E-state index in [1.54, 1.807) is 14.2 Å². The first-order chi connectivity index (χ1) is 10.7. The Morgan fingerprint density at radius 2 is 1.91 bits per heavy atom. The van der Waals surface area contributed by atoms with E-state index < -0.39 is 5.97 Å². The first kappa shape index (κ1) is 16.0. The van der Waals surface area contributed by atoms with Gasteiger partial charge in [0.05, 0.1) is 32.0 Å². The third-order valence-corrected chi connectivity index (χ3v) is 3.51. The van der Waals surface area contributed by atoms with Crippen LogP contribution < -0.4 is 10.6 Å². The van der Waals surface area contributed by atoms with Crippen molar-refractivity contribution in [1.82, 2.24) is 0 Å². The molecule has 1 aliphatic rings. The maximum Gasteiger partial charge on any atom is 0.328 e. The number of hydrogen-bond acceptors (Lipinski definition) is 6. The highest BCUT2D eigenvalue weighted by Crippen LogP contribution is 2.28. The van der Waals surface area contributed by atoms with Crippen LogP contribution in [-0.4, -0.2) is 25.9 Å². The Morgan fingerprint density at radius 1 is 1.18 bits per heavy atom. The van der Waals surface area contributed by atoms with Crippen molar-refractivity contribution < 1.29 is 19.1 Å². The molecule has 1 aromatic rings. The van der Waals surface area contributed by atoms with Crippen molar-refractivity contribution in [3.05, 3.63) is 35.6 Å². The standard InChI is InChI=1S/C16H20N2O4/c1-20-13-8-6-12(7-9-13)18-14-5-3-4-11(16(14)21-2)10-15(19)22-17/h6-9H,3-5,10,17H2,1-2H3. The number of nitrogens with zero attached hydrogens (tertiary/aromatic N) is 1. The van der Waals surface area contributed by atoms with Crippen LogP contribution in [0.4, 0.5) is 5.69 Å². The molecule has 118 valence electrons. The monoisotopic (exact) mass is 304 g/mol. The van der Waals surface area contributed by atoms with E-state index in [9.17, 15) is 4.79 Å². The lowest BCUT2D eigenvalue weighted by Gasteiger charge is -2.20. The molecular formula is C16H20N2O4. The molecule has 0 unspecified atom stereocenters. The van der Waals surface area contributed by atoms with Gasteiger partial charge in [-0.1, -0.05) is 0 Å². The smallest absolute Gasteiger partial charge is 0.328 e. The summed E-state index contributed by atoms with van der Waals surface area (Å²) in [5.41, 5.74) is 2.52. The SMILES string of the molecule is COC1=C(CC(=O)ON)CCCC1=Nc1ccc(OC)cc1. The highest BCUT2D eigenvalue weighted by atomic mass is 16.7. The zero-order chi connectivity index (χ0) is 15.9. The van der Waals surface area contributed by atoms with Gasteiger partial charge in [-0.15, -0.1) is 0 Å². The van der Waals surface area contributed by atoms with E-state index >= 15 is 0 Å². The molecule has 0 saturated heterocycles. The van der Waals surface area contributed by atoms with E-state index in [1.807, 2.05) is 24.3 Å². The van der Waals surface area contributed by atoms with Crippen LogP contribution in [0.15, 0.2) is 40.6 Å². The van der Waals surface area contributed by atoms with Crippen LogP contribution in [0.2, 0.25) is 0 Å². The maximum atomic E-state index is 11.4. The second kappa shape index (κ2) is 7.61. The van der Waals surface area contributed by atoms with Crippen LogP contribution in [-0.2, 0) is 14.4 Å². The summed E-state index contributed by atoms with van der Waals surface area (Å²) in [6, 6.07) is 7.46. The minimum absolute atomic E-state index is 0.126. The van der Waals surface area contributed by atoms with Gasteiger partial charge in [0.25, 0.3) is 0 Å². The lowest BCUT2D eigenvalue weighted by molar-refractivity contribution is -0.143. The molecule has 0 amide bonds. The highest BCUT2D eigenvalue weighted by Gasteiger charge is 2.22.